The molecule has 2 aliphatic rings. The number of nitrogens with zero attached hydrogens (tertiary/aromatic N) is 1. The van der Waals surface area contributed by atoms with E-state index in [1.165, 1.54) is 0 Å². The lowest BCUT2D eigenvalue weighted by molar-refractivity contribution is -0.141. The molecule has 0 radical (unpaired) electrons. The van der Waals surface area contributed by atoms with Crippen LogP contribution in [0.3, 0.4) is 0 Å². The number of hydrogen-bond donors (Lipinski definition) is 3. The molecule has 4 atom stereocenters. The summed E-state index contributed by atoms with van der Waals surface area (Å²) in [5.41, 5.74) is 0. The van der Waals surface area contributed by atoms with Crippen molar-refractivity contribution < 1.29 is 14.7 Å². The fourth-order valence-electron chi connectivity index (χ4n) is 3.30. The first kappa shape index (κ1) is 15.1. The van der Waals surface area contributed by atoms with Gasteiger partial charge in [-0.2, -0.15) is 0 Å². The highest BCUT2D eigenvalue weighted by atomic mass is 16.4. The number of piperidine rings is 1. The van der Waals surface area contributed by atoms with Crippen molar-refractivity contribution in [3.63, 3.8) is 0 Å². The third-order valence-corrected chi connectivity index (χ3v) is 4.54. The summed E-state index contributed by atoms with van der Waals surface area (Å²) in [6.07, 6.45) is 2.93. The van der Waals surface area contributed by atoms with Gasteiger partial charge in [0.2, 0.25) is 0 Å². The molecular weight excluding hydrogens is 258 g/mol. The Labute approximate surface area is 119 Å². The third-order valence-electron chi connectivity index (χ3n) is 4.54. The van der Waals surface area contributed by atoms with E-state index in [0.29, 0.717) is 18.8 Å². The van der Waals surface area contributed by atoms with Crippen LogP contribution < -0.4 is 10.6 Å². The highest BCUT2D eigenvalue weighted by Gasteiger charge is 2.31. The molecule has 114 valence electrons. The van der Waals surface area contributed by atoms with Crippen LogP contribution in [-0.2, 0) is 4.79 Å². The van der Waals surface area contributed by atoms with Crippen LogP contribution in [0, 0.1) is 11.8 Å². The molecule has 1 aliphatic heterocycles. The molecule has 1 saturated heterocycles. The van der Waals surface area contributed by atoms with Gasteiger partial charge in [0.05, 0.1) is 5.92 Å². The van der Waals surface area contributed by atoms with Crippen LogP contribution in [0.2, 0.25) is 0 Å². The Morgan fingerprint density at radius 2 is 1.95 bits per heavy atom. The van der Waals surface area contributed by atoms with E-state index in [9.17, 15) is 9.59 Å². The Bertz CT molecular complexity index is 375. The van der Waals surface area contributed by atoms with Crippen molar-refractivity contribution in [3.8, 4) is 0 Å². The van der Waals surface area contributed by atoms with Gasteiger partial charge < -0.3 is 20.6 Å². The number of likely N-dealkylation sites (tertiary alicyclic amines) is 1. The van der Waals surface area contributed by atoms with E-state index in [1.807, 2.05) is 0 Å². The minimum Gasteiger partial charge on any atom is -0.481 e. The molecule has 2 rings (SSSR count). The second-order valence-electron chi connectivity index (χ2n) is 6.30. The van der Waals surface area contributed by atoms with Gasteiger partial charge in [-0.3, -0.25) is 4.79 Å². The number of carbonyl (C=O) groups excluding carboxylic acids is 1. The van der Waals surface area contributed by atoms with Gasteiger partial charge in [0, 0.05) is 18.6 Å². The average Bonchev–Trinajstić information content (AvgIpc) is 2.81. The van der Waals surface area contributed by atoms with Crippen molar-refractivity contribution in [2.45, 2.75) is 44.7 Å². The number of nitrogens with one attached hydrogen (secondary N) is 2. The number of amides is 2. The molecule has 2 amide bonds. The summed E-state index contributed by atoms with van der Waals surface area (Å²) in [6.45, 7) is 4.14. The number of aliphatic carboxylic acids is 1. The number of hydrogen-bond acceptors (Lipinski definition) is 3. The Balaban J connectivity index is 1.74. The zero-order valence-electron chi connectivity index (χ0n) is 12.3. The maximum atomic E-state index is 12.0. The normalized spacial score (nSPS) is 34.7. The predicted molar refractivity (Wildman–Crippen MR) is 75.5 cm³/mol. The first-order valence-corrected chi connectivity index (χ1v) is 7.44. The molecular formula is C14H25N3O3. The number of carbonyl (C=O) groups is 2. The maximum absolute atomic E-state index is 12.0. The van der Waals surface area contributed by atoms with E-state index in [1.54, 1.807) is 0 Å². The molecule has 0 aromatic carbocycles. The van der Waals surface area contributed by atoms with E-state index in [-0.39, 0.29) is 24.0 Å². The second kappa shape index (κ2) is 6.43. The van der Waals surface area contributed by atoms with Gasteiger partial charge in [0.25, 0.3) is 0 Å². The summed E-state index contributed by atoms with van der Waals surface area (Å²) < 4.78 is 0. The zero-order chi connectivity index (χ0) is 14.7. The molecule has 0 aromatic rings. The molecule has 1 saturated carbocycles. The largest absolute Gasteiger partial charge is 0.481 e. The number of carboxylic acid groups (broad SMARTS) is 1. The zero-order valence-corrected chi connectivity index (χ0v) is 12.3. The van der Waals surface area contributed by atoms with Crippen molar-refractivity contribution >= 4 is 12.0 Å². The van der Waals surface area contributed by atoms with Gasteiger partial charge in [-0.1, -0.05) is 6.92 Å². The number of rotatable bonds is 3. The molecule has 3 N–H and O–H groups in total. The van der Waals surface area contributed by atoms with Crippen LogP contribution in [0.4, 0.5) is 4.79 Å². The molecule has 4 unspecified atom stereocenters. The number of urea groups is 1. The standard InChI is InChI=1S/C14H25N3O3/c1-9-8-17(2)6-5-12(9)16-14(20)15-11-4-3-10(7-11)13(18)19/h9-12H,3-8H2,1-2H3,(H,18,19)(H2,15,16,20). The van der Waals surface area contributed by atoms with Gasteiger partial charge >= 0.3 is 12.0 Å². The summed E-state index contributed by atoms with van der Waals surface area (Å²) >= 11 is 0. The Morgan fingerprint density at radius 3 is 2.55 bits per heavy atom. The van der Waals surface area contributed by atoms with Gasteiger partial charge in [0.15, 0.2) is 0 Å². The van der Waals surface area contributed by atoms with E-state index >= 15 is 0 Å². The minimum atomic E-state index is -0.751. The summed E-state index contributed by atoms with van der Waals surface area (Å²) in [4.78, 5) is 25.2. The SMILES string of the molecule is CC1CN(C)CCC1NC(=O)NC1CCC(C(=O)O)C1. The van der Waals surface area contributed by atoms with E-state index in [4.69, 9.17) is 5.11 Å². The van der Waals surface area contributed by atoms with Gasteiger partial charge in [0.1, 0.15) is 0 Å². The van der Waals surface area contributed by atoms with Crippen molar-refractivity contribution in [2.24, 2.45) is 11.8 Å². The quantitative estimate of drug-likeness (QED) is 0.718. The van der Waals surface area contributed by atoms with Crippen molar-refractivity contribution in [1.82, 2.24) is 15.5 Å². The van der Waals surface area contributed by atoms with Crippen molar-refractivity contribution in [3.05, 3.63) is 0 Å². The topological polar surface area (TPSA) is 81.7 Å². The number of carboxylic acids is 1. The maximum Gasteiger partial charge on any atom is 0.315 e. The van der Waals surface area contributed by atoms with Crippen LogP contribution >= 0.6 is 0 Å². The van der Waals surface area contributed by atoms with Gasteiger partial charge in [-0.05, 0) is 45.2 Å². The molecule has 20 heavy (non-hydrogen) atoms. The first-order chi connectivity index (χ1) is 9.45. The highest BCUT2D eigenvalue weighted by Crippen LogP contribution is 2.25. The summed E-state index contributed by atoms with van der Waals surface area (Å²) in [7, 11) is 2.09. The summed E-state index contributed by atoms with van der Waals surface area (Å²) in [5.74, 6) is -0.615. The van der Waals surface area contributed by atoms with Crippen LogP contribution in [0.25, 0.3) is 0 Å². The van der Waals surface area contributed by atoms with Gasteiger partial charge in [-0.15, -0.1) is 0 Å². The second-order valence-corrected chi connectivity index (χ2v) is 6.30. The van der Waals surface area contributed by atoms with E-state index < -0.39 is 5.97 Å². The molecule has 2 fully saturated rings. The fourth-order valence-corrected chi connectivity index (χ4v) is 3.30. The molecule has 0 spiro atoms. The van der Waals surface area contributed by atoms with Gasteiger partial charge in [-0.25, -0.2) is 4.79 Å². The Hall–Kier alpha value is -1.30. The first-order valence-electron chi connectivity index (χ1n) is 7.44. The molecule has 6 heteroatoms. The van der Waals surface area contributed by atoms with E-state index in [2.05, 4.69) is 29.5 Å². The van der Waals surface area contributed by atoms with Crippen molar-refractivity contribution in [1.29, 1.82) is 0 Å². The molecule has 0 bridgehead atoms. The minimum absolute atomic E-state index is 0.00216. The average molecular weight is 283 g/mol. The van der Waals surface area contributed by atoms with Crippen LogP contribution in [0.5, 0.6) is 0 Å². The van der Waals surface area contributed by atoms with E-state index in [0.717, 1.165) is 25.9 Å². The van der Waals surface area contributed by atoms with Crippen LogP contribution in [0.1, 0.15) is 32.6 Å². The van der Waals surface area contributed by atoms with Crippen molar-refractivity contribution in [2.75, 3.05) is 20.1 Å². The Morgan fingerprint density at radius 1 is 1.20 bits per heavy atom. The smallest absolute Gasteiger partial charge is 0.315 e. The lowest BCUT2D eigenvalue weighted by Gasteiger charge is -2.35. The molecule has 1 aliphatic carbocycles. The molecule has 1 heterocycles. The van der Waals surface area contributed by atoms with Crippen LogP contribution in [0.15, 0.2) is 0 Å². The fraction of sp³-hybridized carbons (Fsp3) is 0.857. The Kier molecular flexibility index (Phi) is 4.86. The molecule has 6 nitrogen and oxygen atoms in total. The lowest BCUT2D eigenvalue weighted by Crippen LogP contribution is -2.52. The van der Waals surface area contributed by atoms with Crippen LogP contribution in [-0.4, -0.2) is 54.2 Å². The summed E-state index contributed by atoms with van der Waals surface area (Å²) in [5, 5.41) is 14.9. The molecule has 0 aromatic heterocycles. The summed E-state index contributed by atoms with van der Waals surface area (Å²) in [6, 6.07) is 0.0583. The monoisotopic (exact) mass is 283 g/mol. The third kappa shape index (κ3) is 3.85. The lowest BCUT2D eigenvalue weighted by atomic mass is 9.94. The highest BCUT2D eigenvalue weighted by molar-refractivity contribution is 5.75. The predicted octanol–water partition coefficient (Wildman–Crippen LogP) is 0.879.